The second kappa shape index (κ2) is 8.64. The van der Waals surface area contributed by atoms with Gasteiger partial charge in [-0.15, -0.1) is 11.3 Å². The van der Waals surface area contributed by atoms with Gasteiger partial charge >= 0.3 is 0 Å². The number of fused-ring (bicyclic) bond motifs is 1. The predicted octanol–water partition coefficient (Wildman–Crippen LogP) is 4.46. The molecule has 1 N–H and O–H groups in total. The molecule has 0 fully saturated rings. The van der Waals surface area contributed by atoms with Crippen molar-refractivity contribution in [3.63, 3.8) is 0 Å². The van der Waals surface area contributed by atoms with Gasteiger partial charge in [-0.05, 0) is 44.7 Å². The van der Waals surface area contributed by atoms with E-state index < -0.39 is 0 Å². The highest BCUT2D eigenvalue weighted by molar-refractivity contribution is 8.00. The number of aromatic nitrogens is 2. The van der Waals surface area contributed by atoms with E-state index in [0.29, 0.717) is 12.3 Å². The van der Waals surface area contributed by atoms with Crippen LogP contribution >= 0.6 is 23.1 Å². The fraction of sp³-hybridized carbons (Fsp3) is 0.350. The lowest BCUT2D eigenvalue weighted by Crippen LogP contribution is -2.26. The Hall–Kier alpha value is -1.92. The lowest BCUT2D eigenvalue weighted by Gasteiger charge is -2.07. The Labute approximate surface area is 162 Å². The van der Waals surface area contributed by atoms with Crippen LogP contribution in [0, 0.1) is 20.8 Å². The summed E-state index contributed by atoms with van der Waals surface area (Å²) in [6.45, 7) is 6.80. The van der Waals surface area contributed by atoms with Crippen molar-refractivity contribution in [3.8, 4) is 0 Å². The fourth-order valence-corrected chi connectivity index (χ4v) is 4.87. The van der Waals surface area contributed by atoms with Gasteiger partial charge < -0.3 is 5.32 Å². The Morgan fingerprint density at radius 3 is 2.69 bits per heavy atom. The molecule has 0 saturated heterocycles. The van der Waals surface area contributed by atoms with Crippen LogP contribution in [0.5, 0.6) is 0 Å². The summed E-state index contributed by atoms with van der Waals surface area (Å²) in [6, 6.07) is 10.3. The molecule has 3 aromatic rings. The van der Waals surface area contributed by atoms with E-state index in [1.54, 1.807) is 11.3 Å². The number of aryl methyl sites for hydroxylation is 4. The molecule has 3 rings (SSSR count). The van der Waals surface area contributed by atoms with E-state index in [0.717, 1.165) is 33.9 Å². The molecule has 1 amide bonds. The van der Waals surface area contributed by atoms with Crippen LogP contribution in [0.2, 0.25) is 0 Å². The zero-order chi connectivity index (χ0) is 18.5. The van der Waals surface area contributed by atoms with E-state index in [9.17, 15) is 4.79 Å². The van der Waals surface area contributed by atoms with Crippen molar-refractivity contribution in [1.82, 2.24) is 15.3 Å². The van der Waals surface area contributed by atoms with E-state index in [-0.39, 0.29) is 5.91 Å². The minimum atomic E-state index is 0.0529. The molecule has 6 heteroatoms. The highest BCUT2D eigenvalue weighted by Gasteiger charge is 2.15. The van der Waals surface area contributed by atoms with Crippen LogP contribution in [0.25, 0.3) is 10.2 Å². The Morgan fingerprint density at radius 2 is 1.92 bits per heavy atom. The maximum Gasteiger partial charge on any atom is 0.230 e. The van der Waals surface area contributed by atoms with Crippen molar-refractivity contribution in [1.29, 1.82) is 0 Å². The molecule has 26 heavy (non-hydrogen) atoms. The first-order valence-corrected chi connectivity index (χ1v) is 10.5. The van der Waals surface area contributed by atoms with Crippen LogP contribution in [0.4, 0.5) is 0 Å². The normalized spacial score (nSPS) is 11.0. The number of thioether (sulfide) groups is 1. The van der Waals surface area contributed by atoms with Crippen LogP contribution in [0.3, 0.4) is 0 Å². The Balaban J connectivity index is 1.52. The molecule has 1 aromatic carbocycles. The highest BCUT2D eigenvalue weighted by atomic mass is 32.2. The first-order chi connectivity index (χ1) is 12.5. The van der Waals surface area contributed by atoms with Crippen molar-refractivity contribution >= 4 is 39.2 Å². The molecule has 4 nitrogen and oxygen atoms in total. The fourth-order valence-electron chi connectivity index (χ4n) is 2.77. The molecule has 0 spiro atoms. The number of rotatable bonds is 7. The minimum Gasteiger partial charge on any atom is -0.355 e. The Bertz CT molecular complexity index is 906. The van der Waals surface area contributed by atoms with Gasteiger partial charge in [-0.2, -0.15) is 0 Å². The van der Waals surface area contributed by atoms with Gasteiger partial charge in [0, 0.05) is 16.8 Å². The van der Waals surface area contributed by atoms with Crippen molar-refractivity contribution in [3.05, 3.63) is 52.2 Å². The van der Waals surface area contributed by atoms with Gasteiger partial charge in [0.25, 0.3) is 0 Å². The quantitative estimate of drug-likeness (QED) is 0.371. The average molecular weight is 386 g/mol. The van der Waals surface area contributed by atoms with E-state index in [1.165, 1.54) is 27.8 Å². The molecule has 0 aliphatic heterocycles. The summed E-state index contributed by atoms with van der Waals surface area (Å²) < 4.78 is 0. The molecule has 0 aliphatic carbocycles. The third-order valence-electron chi connectivity index (χ3n) is 4.25. The number of amides is 1. The highest BCUT2D eigenvalue weighted by Crippen LogP contribution is 2.34. The molecular formula is C20H23N3OS2. The number of thiophene rings is 1. The molecule has 0 saturated carbocycles. The second-order valence-electron chi connectivity index (χ2n) is 6.27. The van der Waals surface area contributed by atoms with E-state index >= 15 is 0 Å². The zero-order valence-electron chi connectivity index (χ0n) is 15.3. The summed E-state index contributed by atoms with van der Waals surface area (Å²) in [6.07, 6.45) is 1.92. The van der Waals surface area contributed by atoms with Gasteiger partial charge in [0.15, 0.2) is 0 Å². The lowest BCUT2D eigenvalue weighted by atomic mass is 10.1. The number of hydrogen-bond donors (Lipinski definition) is 1. The monoisotopic (exact) mass is 385 g/mol. The SMILES string of the molecule is Cc1nc(SCC(=O)NCCCc2ccccc2)c2c(C)c(C)sc2n1. The van der Waals surface area contributed by atoms with Gasteiger partial charge in [0.05, 0.1) is 5.75 Å². The summed E-state index contributed by atoms with van der Waals surface area (Å²) in [4.78, 5) is 23.5. The van der Waals surface area contributed by atoms with Gasteiger partial charge in [-0.1, -0.05) is 42.1 Å². The minimum absolute atomic E-state index is 0.0529. The van der Waals surface area contributed by atoms with Crippen LogP contribution in [0.1, 0.15) is 28.2 Å². The first-order valence-electron chi connectivity index (χ1n) is 8.72. The molecule has 0 bridgehead atoms. The molecule has 2 heterocycles. The Morgan fingerprint density at radius 1 is 1.15 bits per heavy atom. The molecule has 0 unspecified atom stereocenters. The summed E-state index contributed by atoms with van der Waals surface area (Å²) in [7, 11) is 0. The maximum atomic E-state index is 12.2. The van der Waals surface area contributed by atoms with Gasteiger partial charge in [-0.3, -0.25) is 4.79 Å². The van der Waals surface area contributed by atoms with Gasteiger partial charge in [-0.25, -0.2) is 9.97 Å². The second-order valence-corrected chi connectivity index (χ2v) is 8.43. The molecule has 0 radical (unpaired) electrons. The lowest BCUT2D eigenvalue weighted by molar-refractivity contribution is -0.118. The first kappa shape index (κ1) is 18.9. The molecule has 0 aliphatic rings. The van der Waals surface area contributed by atoms with Crippen LogP contribution in [0.15, 0.2) is 35.4 Å². The summed E-state index contributed by atoms with van der Waals surface area (Å²) in [5.74, 6) is 1.19. The number of nitrogens with zero attached hydrogens (tertiary/aromatic N) is 2. The van der Waals surface area contributed by atoms with Crippen LogP contribution in [-0.4, -0.2) is 28.2 Å². The predicted molar refractivity (Wildman–Crippen MR) is 110 cm³/mol. The number of hydrogen-bond acceptors (Lipinski definition) is 5. The van der Waals surface area contributed by atoms with Crippen molar-refractivity contribution < 1.29 is 4.79 Å². The largest absolute Gasteiger partial charge is 0.355 e. The maximum absolute atomic E-state index is 12.2. The van der Waals surface area contributed by atoms with Gasteiger partial charge in [0.1, 0.15) is 15.7 Å². The summed E-state index contributed by atoms with van der Waals surface area (Å²) in [5, 5.41) is 5.01. The standard InChI is InChI=1S/C20H23N3OS2/c1-13-14(2)26-20-18(13)19(22-15(3)23-20)25-12-17(24)21-11-7-10-16-8-5-4-6-9-16/h4-6,8-9H,7,10-12H2,1-3H3,(H,21,24). The van der Waals surface area contributed by atoms with Crippen molar-refractivity contribution in [2.45, 2.75) is 38.6 Å². The van der Waals surface area contributed by atoms with Crippen LogP contribution in [-0.2, 0) is 11.2 Å². The van der Waals surface area contributed by atoms with E-state index in [1.807, 2.05) is 25.1 Å². The average Bonchev–Trinajstić information content (AvgIpc) is 2.91. The molecule has 136 valence electrons. The number of carbonyl (C=O) groups excluding carboxylic acids is 1. The summed E-state index contributed by atoms with van der Waals surface area (Å²) in [5.41, 5.74) is 2.52. The third kappa shape index (κ3) is 4.62. The van der Waals surface area contributed by atoms with Gasteiger partial charge in [0.2, 0.25) is 5.91 Å². The molecule has 2 aromatic heterocycles. The number of benzene rings is 1. The number of carbonyl (C=O) groups is 1. The molecule has 0 atom stereocenters. The van der Waals surface area contributed by atoms with E-state index in [4.69, 9.17) is 0 Å². The molecular weight excluding hydrogens is 362 g/mol. The van der Waals surface area contributed by atoms with Crippen molar-refractivity contribution in [2.24, 2.45) is 0 Å². The summed E-state index contributed by atoms with van der Waals surface area (Å²) >= 11 is 3.19. The topological polar surface area (TPSA) is 54.9 Å². The number of nitrogens with one attached hydrogen (secondary N) is 1. The van der Waals surface area contributed by atoms with Crippen LogP contribution < -0.4 is 5.32 Å². The van der Waals surface area contributed by atoms with Crippen molar-refractivity contribution in [2.75, 3.05) is 12.3 Å². The Kier molecular flexibility index (Phi) is 6.27. The zero-order valence-corrected chi connectivity index (χ0v) is 17.0. The van der Waals surface area contributed by atoms with E-state index in [2.05, 4.69) is 41.3 Å². The third-order valence-corrected chi connectivity index (χ3v) is 6.33. The smallest absolute Gasteiger partial charge is 0.230 e.